The Balaban J connectivity index is 1.94. The van der Waals surface area contributed by atoms with Gasteiger partial charge in [-0.3, -0.25) is 0 Å². The maximum atomic E-state index is 5.54. The Morgan fingerprint density at radius 2 is 1.88 bits per heavy atom. The fourth-order valence-electron chi connectivity index (χ4n) is 2.16. The van der Waals surface area contributed by atoms with E-state index in [0.717, 1.165) is 19.8 Å². The first-order valence-electron chi connectivity index (χ1n) is 6.56. The van der Waals surface area contributed by atoms with E-state index in [4.69, 9.17) is 9.47 Å². The van der Waals surface area contributed by atoms with E-state index in [0.29, 0.717) is 18.1 Å². The van der Waals surface area contributed by atoms with Crippen LogP contribution in [0.25, 0.3) is 0 Å². The lowest BCUT2D eigenvalue weighted by molar-refractivity contribution is 0.0599. The van der Waals surface area contributed by atoms with Crippen LogP contribution in [0.4, 0.5) is 0 Å². The summed E-state index contributed by atoms with van der Waals surface area (Å²) in [6.07, 6.45) is 5.36. The molecule has 96 valence electrons. The molecule has 0 radical (unpaired) electrons. The van der Waals surface area contributed by atoms with E-state index in [1.165, 1.54) is 25.7 Å². The lowest BCUT2D eigenvalue weighted by Crippen LogP contribution is -2.37. The third-order valence-corrected chi connectivity index (χ3v) is 3.14. The van der Waals surface area contributed by atoms with Crippen LogP contribution in [-0.2, 0) is 9.47 Å². The van der Waals surface area contributed by atoms with Gasteiger partial charge in [0.25, 0.3) is 0 Å². The van der Waals surface area contributed by atoms with Crippen LogP contribution in [0.1, 0.15) is 39.5 Å². The molecular weight excluding hydrogens is 202 g/mol. The van der Waals surface area contributed by atoms with Gasteiger partial charge in [0.2, 0.25) is 0 Å². The minimum absolute atomic E-state index is 0.496. The Labute approximate surface area is 99.9 Å². The van der Waals surface area contributed by atoms with Crippen LogP contribution < -0.4 is 5.32 Å². The summed E-state index contributed by atoms with van der Waals surface area (Å²) in [6.45, 7) is 7.05. The zero-order valence-corrected chi connectivity index (χ0v) is 11.0. The number of methoxy groups -OCH3 is 1. The summed E-state index contributed by atoms with van der Waals surface area (Å²) in [7, 11) is 1.82. The van der Waals surface area contributed by atoms with Gasteiger partial charge in [-0.15, -0.1) is 0 Å². The first kappa shape index (κ1) is 13.9. The van der Waals surface area contributed by atoms with Gasteiger partial charge in [-0.2, -0.15) is 0 Å². The highest BCUT2D eigenvalue weighted by Crippen LogP contribution is 2.20. The molecule has 1 rings (SSSR count). The smallest absolute Gasteiger partial charge is 0.0591 e. The lowest BCUT2D eigenvalue weighted by Gasteiger charge is -2.28. The molecule has 0 unspecified atom stereocenters. The van der Waals surface area contributed by atoms with Gasteiger partial charge in [-0.05, 0) is 31.6 Å². The molecule has 0 bridgehead atoms. The highest BCUT2D eigenvalue weighted by molar-refractivity contribution is 4.77. The minimum Gasteiger partial charge on any atom is -0.381 e. The van der Waals surface area contributed by atoms with E-state index in [-0.39, 0.29) is 0 Å². The molecule has 0 aliphatic heterocycles. The van der Waals surface area contributed by atoms with Crippen molar-refractivity contribution in [2.24, 2.45) is 5.92 Å². The quantitative estimate of drug-likeness (QED) is 0.679. The van der Waals surface area contributed by atoms with Crippen molar-refractivity contribution in [1.82, 2.24) is 5.32 Å². The summed E-state index contributed by atoms with van der Waals surface area (Å²) in [6, 6.07) is 0.675. The van der Waals surface area contributed by atoms with Crippen molar-refractivity contribution in [2.75, 3.05) is 26.9 Å². The van der Waals surface area contributed by atoms with Crippen molar-refractivity contribution >= 4 is 0 Å². The van der Waals surface area contributed by atoms with E-state index in [9.17, 15) is 0 Å². The van der Waals surface area contributed by atoms with Crippen LogP contribution in [-0.4, -0.2) is 39.0 Å². The number of ether oxygens (including phenoxy) is 2. The molecule has 1 aliphatic carbocycles. The summed E-state index contributed by atoms with van der Waals surface area (Å²) in [5.74, 6) is 0.636. The maximum absolute atomic E-state index is 5.54. The van der Waals surface area contributed by atoms with Gasteiger partial charge in [0.15, 0.2) is 0 Å². The molecule has 1 N–H and O–H groups in total. The molecule has 0 saturated heterocycles. The number of rotatable bonds is 7. The number of hydrogen-bond donors (Lipinski definition) is 1. The van der Waals surface area contributed by atoms with Crippen molar-refractivity contribution in [3.8, 4) is 0 Å². The molecule has 0 atom stereocenters. The van der Waals surface area contributed by atoms with Gasteiger partial charge in [0, 0.05) is 26.3 Å². The van der Waals surface area contributed by atoms with Crippen LogP contribution in [0.5, 0.6) is 0 Å². The van der Waals surface area contributed by atoms with Gasteiger partial charge >= 0.3 is 0 Å². The second-order valence-corrected chi connectivity index (χ2v) is 5.13. The average Bonchev–Trinajstić information content (AvgIpc) is 2.29. The van der Waals surface area contributed by atoms with Crippen LogP contribution in [0.2, 0.25) is 0 Å². The normalized spacial score (nSPS) is 26.2. The third-order valence-electron chi connectivity index (χ3n) is 3.14. The first-order chi connectivity index (χ1) is 7.72. The van der Waals surface area contributed by atoms with Crippen molar-refractivity contribution in [2.45, 2.75) is 51.7 Å². The Morgan fingerprint density at radius 1 is 1.19 bits per heavy atom. The van der Waals surface area contributed by atoms with E-state index >= 15 is 0 Å². The van der Waals surface area contributed by atoms with Crippen LogP contribution in [0.15, 0.2) is 0 Å². The maximum Gasteiger partial charge on any atom is 0.0591 e. The summed E-state index contributed by atoms with van der Waals surface area (Å²) >= 11 is 0. The molecular formula is C13H27NO2. The zero-order chi connectivity index (χ0) is 11.8. The molecule has 0 amide bonds. The Kier molecular flexibility index (Phi) is 7.01. The predicted molar refractivity (Wildman–Crippen MR) is 66.7 cm³/mol. The molecule has 1 saturated carbocycles. The monoisotopic (exact) mass is 229 g/mol. The Bertz CT molecular complexity index is 165. The van der Waals surface area contributed by atoms with Crippen molar-refractivity contribution in [3.05, 3.63) is 0 Å². The summed E-state index contributed by atoms with van der Waals surface area (Å²) < 4.78 is 10.9. The molecule has 3 heteroatoms. The summed E-state index contributed by atoms with van der Waals surface area (Å²) in [5.41, 5.74) is 0. The largest absolute Gasteiger partial charge is 0.381 e. The van der Waals surface area contributed by atoms with Crippen molar-refractivity contribution in [3.63, 3.8) is 0 Å². The molecule has 16 heavy (non-hydrogen) atoms. The molecule has 0 aromatic heterocycles. The van der Waals surface area contributed by atoms with Crippen molar-refractivity contribution < 1.29 is 9.47 Å². The van der Waals surface area contributed by atoms with E-state index in [2.05, 4.69) is 19.2 Å². The molecule has 0 heterocycles. The summed E-state index contributed by atoms with van der Waals surface area (Å²) in [5, 5.41) is 3.56. The lowest BCUT2D eigenvalue weighted by atomic mass is 9.93. The molecule has 1 fully saturated rings. The third kappa shape index (κ3) is 5.83. The highest BCUT2D eigenvalue weighted by Gasteiger charge is 2.19. The fourth-order valence-corrected chi connectivity index (χ4v) is 2.16. The van der Waals surface area contributed by atoms with E-state index in [1.807, 2.05) is 7.11 Å². The van der Waals surface area contributed by atoms with Crippen molar-refractivity contribution in [1.29, 1.82) is 0 Å². The van der Waals surface area contributed by atoms with E-state index < -0.39 is 0 Å². The molecule has 0 aromatic rings. The SMILES string of the molecule is COC1CCC(NCCOCC(C)C)CC1. The van der Waals surface area contributed by atoms with E-state index in [1.54, 1.807) is 0 Å². The van der Waals surface area contributed by atoms with Gasteiger partial charge in [0.05, 0.1) is 12.7 Å². The number of hydrogen-bond acceptors (Lipinski definition) is 3. The highest BCUT2D eigenvalue weighted by atomic mass is 16.5. The second-order valence-electron chi connectivity index (χ2n) is 5.13. The van der Waals surface area contributed by atoms with Gasteiger partial charge in [-0.1, -0.05) is 13.8 Å². The Morgan fingerprint density at radius 3 is 2.44 bits per heavy atom. The Hall–Kier alpha value is -0.120. The van der Waals surface area contributed by atoms with Crippen LogP contribution in [0, 0.1) is 5.92 Å². The van der Waals surface area contributed by atoms with Crippen LogP contribution >= 0.6 is 0 Å². The van der Waals surface area contributed by atoms with Gasteiger partial charge in [-0.25, -0.2) is 0 Å². The first-order valence-corrected chi connectivity index (χ1v) is 6.56. The second kappa shape index (κ2) is 8.04. The molecule has 0 aromatic carbocycles. The predicted octanol–water partition coefficient (Wildman–Crippen LogP) is 2.21. The molecule has 1 aliphatic rings. The molecule has 3 nitrogen and oxygen atoms in total. The molecule has 0 spiro atoms. The minimum atomic E-state index is 0.496. The standard InChI is InChI=1S/C13H27NO2/c1-11(2)10-16-9-8-14-12-4-6-13(15-3)7-5-12/h11-14H,4-10H2,1-3H3. The zero-order valence-electron chi connectivity index (χ0n) is 11.0. The van der Waals surface area contributed by atoms with Gasteiger partial charge < -0.3 is 14.8 Å². The number of nitrogens with one attached hydrogen (secondary N) is 1. The van der Waals surface area contributed by atoms with Gasteiger partial charge in [0.1, 0.15) is 0 Å². The summed E-state index contributed by atoms with van der Waals surface area (Å²) in [4.78, 5) is 0. The topological polar surface area (TPSA) is 30.5 Å². The average molecular weight is 229 g/mol. The fraction of sp³-hybridized carbons (Fsp3) is 1.00. The van der Waals surface area contributed by atoms with Crippen LogP contribution in [0.3, 0.4) is 0 Å².